The summed E-state index contributed by atoms with van der Waals surface area (Å²) < 4.78 is 14.3. The van der Waals surface area contributed by atoms with E-state index >= 15 is 0 Å². The van der Waals surface area contributed by atoms with E-state index in [1.54, 1.807) is 6.07 Å². The summed E-state index contributed by atoms with van der Waals surface area (Å²) in [5, 5.41) is 6.81. The Hall–Kier alpha value is -0.410. The van der Waals surface area contributed by atoms with E-state index in [1.807, 2.05) is 0 Å². The first kappa shape index (κ1) is 22.6. The van der Waals surface area contributed by atoms with E-state index in [0.717, 1.165) is 48.5 Å². The lowest BCUT2D eigenvalue weighted by molar-refractivity contribution is 0.206. The molecule has 1 aromatic rings. The van der Waals surface area contributed by atoms with Crippen LogP contribution in [0.25, 0.3) is 0 Å². The molecule has 1 fully saturated rings. The van der Waals surface area contributed by atoms with E-state index < -0.39 is 0 Å². The van der Waals surface area contributed by atoms with Gasteiger partial charge in [-0.15, -0.1) is 24.0 Å². The standard InChI is InChI=1S/C18H28BrFN4.HI/c1-3-9-24-10-7-16(8-11-24)23-18(21-4-2)22-13-14-12-15(20)5-6-17(14)19;/h5-6,12,16H,3-4,7-11,13H2,1-2H3,(H2,21,22,23);1H. The molecule has 0 amide bonds. The van der Waals surface area contributed by atoms with E-state index in [1.165, 1.54) is 25.1 Å². The second kappa shape index (κ2) is 12.1. The third-order valence-corrected chi connectivity index (χ3v) is 5.00. The molecule has 0 saturated carbocycles. The van der Waals surface area contributed by atoms with Gasteiger partial charge in [-0.3, -0.25) is 0 Å². The average molecular weight is 527 g/mol. The number of guanidine groups is 1. The van der Waals surface area contributed by atoms with Crippen LogP contribution in [-0.2, 0) is 6.54 Å². The Morgan fingerprint density at radius 2 is 2.04 bits per heavy atom. The van der Waals surface area contributed by atoms with Crippen molar-refractivity contribution in [2.45, 2.75) is 45.7 Å². The molecule has 7 heteroatoms. The Kier molecular flexibility index (Phi) is 10.9. The lowest BCUT2D eigenvalue weighted by Crippen LogP contribution is -2.48. The van der Waals surface area contributed by atoms with Crippen molar-refractivity contribution in [3.63, 3.8) is 0 Å². The number of likely N-dealkylation sites (tertiary alicyclic amines) is 1. The Bertz CT molecular complexity index is 548. The van der Waals surface area contributed by atoms with Crippen molar-refractivity contribution in [2.24, 2.45) is 4.99 Å². The van der Waals surface area contributed by atoms with E-state index in [2.05, 4.69) is 50.3 Å². The van der Waals surface area contributed by atoms with Crippen molar-refractivity contribution >= 4 is 45.9 Å². The van der Waals surface area contributed by atoms with Crippen LogP contribution in [0.1, 0.15) is 38.7 Å². The van der Waals surface area contributed by atoms with Gasteiger partial charge in [0, 0.05) is 30.1 Å². The molecular weight excluding hydrogens is 498 g/mol. The van der Waals surface area contributed by atoms with Gasteiger partial charge in [-0.25, -0.2) is 9.38 Å². The number of benzene rings is 1. The number of nitrogens with zero attached hydrogens (tertiary/aromatic N) is 2. The minimum atomic E-state index is -0.232. The SMILES string of the molecule is CCCN1CCC(NC(=NCc2cc(F)ccc2Br)NCC)CC1.I. The van der Waals surface area contributed by atoms with Crippen molar-refractivity contribution in [2.75, 3.05) is 26.2 Å². The topological polar surface area (TPSA) is 39.7 Å². The number of aliphatic imine (C=N–C) groups is 1. The van der Waals surface area contributed by atoms with Gasteiger partial charge in [-0.05, 0) is 56.5 Å². The van der Waals surface area contributed by atoms with Crippen LogP contribution in [0.4, 0.5) is 4.39 Å². The number of piperidine rings is 1. The van der Waals surface area contributed by atoms with Crippen LogP contribution < -0.4 is 10.6 Å². The first-order valence-electron chi connectivity index (χ1n) is 8.83. The fourth-order valence-electron chi connectivity index (χ4n) is 2.96. The largest absolute Gasteiger partial charge is 0.357 e. The molecule has 1 heterocycles. The van der Waals surface area contributed by atoms with Gasteiger partial charge in [0.25, 0.3) is 0 Å². The Morgan fingerprint density at radius 1 is 1.32 bits per heavy atom. The zero-order valence-electron chi connectivity index (χ0n) is 15.0. The maximum absolute atomic E-state index is 13.4. The molecule has 0 bridgehead atoms. The molecule has 2 N–H and O–H groups in total. The van der Waals surface area contributed by atoms with Crippen molar-refractivity contribution < 1.29 is 4.39 Å². The first-order valence-corrected chi connectivity index (χ1v) is 9.62. The third-order valence-electron chi connectivity index (χ3n) is 4.23. The van der Waals surface area contributed by atoms with Crippen molar-refractivity contribution in [1.29, 1.82) is 0 Å². The summed E-state index contributed by atoms with van der Waals surface area (Å²) in [5.41, 5.74) is 0.852. The molecular formula is C18H29BrFIN4. The van der Waals surface area contributed by atoms with Gasteiger partial charge < -0.3 is 15.5 Å². The summed E-state index contributed by atoms with van der Waals surface area (Å²) in [6.45, 7) is 9.01. The predicted octanol–water partition coefficient (Wildman–Crippen LogP) is 4.14. The van der Waals surface area contributed by atoms with Crippen LogP contribution in [0.5, 0.6) is 0 Å². The van der Waals surface area contributed by atoms with Gasteiger partial charge in [0.05, 0.1) is 6.54 Å². The molecule has 1 saturated heterocycles. The molecule has 0 spiro atoms. The highest BCUT2D eigenvalue weighted by Crippen LogP contribution is 2.18. The van der Waals surface area contributed by atoms with Crippen LogP contribution in [0.15, 0.2) is 27.7 Å². The van der Waals surface area contributed by atoms with Gasteiger partial charge in [0.2, 0.25) is 0 Å². The van der Waals surface area contributed by atoms with Crippen LogP contribution in [0.2, 0.25) is 0 Å². The maximum atomic E-state index is 13.4. The van der Waals surface area contributed by atoms with Gasteiger partial charge in [-0.2, -0.15) is 0 Å². The highest BCUT2D eigenvalue weighted by Gasteiger charge is 2.19. The van der Waals surface area contributed by atoms with E-state index in [9.17, 15) is 4.39 Å². The van der Waals surface area contributed by atoms with Crippen LogP contribution in [-0.4, -0.2) is 43.1 Å². The van der Waals surface area contributed by atoms with E-state index in [-0.39, 0.29) is 29.8 Å². The quantitative estimate of drug-likeness (QED) is 0.332. The highest BCUT2D eigenvalue weighted by atomic mass is 127. The summed E-state index contributed by atoms with van der Waals surface area (Å²) in [4.78, 5) is 7.14. The molecule has 0 aromatic heterocycles. The Balaban J connectivity index is 0.00000312. The Morgan fingerprint density at radius 3 is 2.68 bits per heavy atom. The zero-order valence-corrected chi connectivity index (χ0v) is 18.9. The van der Waals surface area contributed by atoms with E-state index in [4.69, 9.17) is 0 Å². The molecule has 1 aromatic carbocycles. The normalized spacial score (nSPS) is 16.4. The fourth-order valence-corrected chi connectivity index (χ4v) is 3.33. The number of halogens is 3. The molecule has 142 valence electrons. The summed E-state index contributed by atoms with van der Waals surface area (Å²) in [5.74, 6) is 0.576. The summed E-state index contributed by atoms with van der Waals surface area (Å²) >= 11 is 3.46. The molecule has 0 radical (unpaired) electrons. The van der Waals surface area contributed by atoms with Gasteiger partial charge in [0.15, 0.2) is 5.96 Å². The zero-order chi connectivity index (χ0) is 17.4. The van der Waals surface area contributed by atoms with Crippen LogP contribution in [0, 0.1) is 5.82 Å². The summed E-state index contributed by atoms with van der Waals surface area (Å²) in [6, 6.07) is 5.15. The van der Waals surface area contributed by atoms with E-state index in [0.29, 0.717) is 12.6 Å². The minimum Gasteiger partial charge on any atom is -0.357 e. The Labute approximate surface area is 176 Å². The lowest BCUT2D eigenvalue weighted by atomic mass is 10.1. The number of nitrogens with one attached hydrogen (secondary N) is 2. The average Bonchev–Trinajstić information content (AvgIpc) is 2.57. The molecule has 4 nitrogen and oxygen atoms in total. The van der Waals surface area contributed by atoms with Crippen molar-refractivity contribution in [1.82, 2.24) is 15.5 Å². The third kappa shape index (κ3) is 7.78. The molecule has 0 unspecified atom stereocenters. The van der Waals surface area contributed by atoms with Crippen molar-refractivity contribution in [3.8, 4) is 0 Å². The molecule has 1 aliphatic rings. The lowest BCUT2D eigenvalue weighted by Gasteiger charge is -2.32. The molecule has 0 atom stereocenters. The summed E-state index contributed by atoms with van der Waals surface area (Å²) in [6.07, 6.45) is 3.48. The number of hydrogen-bond acceptors (Lipinski definition) is 2. The molecule has 1 aliphatic heterocycles. The fraction of sp³-hybridized carbons (Fsp3) is 0.611. The van der Waals surface area contributed by atoms with Crippen LogP contribution in [0.3, 0.4) is 0 Å². The smallest absolute Gasteiger partial charge is 0.191 e. The second-order valence-corrected chi connectivity index (χ2v) is 7.05. The highest BCUT2D eigenvalue weighted by molar-refractivity contribution is 14.0. The molecule has 0 aliphatic carbocycles. The first-order chi connectivity index (χ1) is 11.6. The van der Waals surface area contributed by atoms with Crippen molar-refractivity contribution in [3.05, 3.63) is 34.1 Å². The van der Waals surface area contributed by atoms with Gasteiger partial charge in [-0.1, -0.05) is 22.9 Å². The van der Waals surface area contributed by atoms with Gasteiger partial charge in [0.1, 0.15) is 5.82 Å². The molecule has 2 rings (SSSR count). The van der Waals surface area contributed by atoms with Gasteiger partial charge >= 0.3 is 0 Å². The maximum Gasteiger partial charge on any atom is 0.191 e. The summed E-state index contributed by atoms with van der Waals surface area (Å²) in [7, 11) is 0. The number of rotatable bonds is 6. The minimum absolute atomic E-state index is 0. The van der Waals surface area contributed by atoms with Crippen LogP contribution >= 0.6 is 39.9 Å². The molecule has 25 heavy (non-hydrogen) atoms. The number of hydrogen-bond donors (Lipinski definition) is 2. The second-order valence-electron chi connectivity index (χ2n) is 6.19. The monoisotopic (exact) mass is 526 g/mol. The predicted molar refractivity (Wildman–Crippen MR) is 117 cm³/mol.